The van der Waals surface area contributed by atoms with Crippen molar-refractivity contribution in [3.05, 3.63) is 59.2 Å². The molecule has 0 bridgehead atoms. The number of hydrogen-bond donors (Lipinski definition) is 0. The number of para-hydroxylation sites is 1. The van der Waals surface area contributed by atoms with Crippen molar-refractivity contribution in [3.8, 4) is 5.75 Å². The van der Waals surface area contributed by atoms with E-state index in [4.69, 9.17) is 4.74 Å². The Morgan fingerprint density at radius 1 is 1.06 bits per heavy atom. The van der Waals surface area contributed by atoms with Crippen LogP contribution in [0.25, 0.3) is 0 Å². The van der Waals surface area contributed by atoms with Gasteiger partial charge >= 0.3 is 0 Å². The van der Waals surface area contributed by atoms with E-state index in [-0.39, 0.29) is 0 Å². The molecule has 0 unspecified atom stereocenters. The first-order chi connectivity index (χ1) is 8.70. The van der Waals surface area contributed by atoms with Crippen molar-refractivity contribution in [2.24, 2.45) is 4.99 Å². The molecule has 2 aromatic rings. The van der Waals surface area contributed by atoms with Crippen molar-refractivity contribution in [1.82, 2.24) is 0 Å². The number of aliphatic imine (C=N–C) groups is 1. The molecule has 0 amide bonds. The molecule has 2 heteroatoms. The van der Waals surface area contributed by atoms with Crippen molar-refractivity contribution in [2.45, 2.75) is 13.8 Å². The van der Waals surface area contributed by atoms with E-state index in [0.29, 0.717) is 0 Å². The molecule has 0 saturated heterocycles. The van der Waals surface area contributed by atoms with Crippen LogP contribution in [0.5, 0.6) is 5.75 Å². The molecular weight excluding hydrogens is 222 g/mol. The Balaban J connectivity index is 2.37. The lowest BCUT2D eigenvalue weighted by atomic mass is 10.1. The van der Waals surface area contributed by atoms with Crippen molar-refractivity contribution in [3.63, 3.8) is 0 Å². The van der Waals surface area contributed by atoms with Crippen molar-refractivity contribution in [1.29, 1.82) is 0 Å². The molecule has 0 aromatic heterocycles. The third-order valence-corrected chi connectivity index (χ3v) is 2.76. The van der Waals surface area contributed by atoms with E-state index in [1.807, 2.05) is 43.5 Å². The number of hydrogen-bond acceptors (Lipinski definition) is 2. The fraction of sp³-hybridized carbons (Fsp3) is 0.188. The maximum atomic E-state index is 5.43. The molecule has 0 aliphatic heterocycles. The number of rotatable bonds is 3. The Hall–Kier alpha value is -2.09. The van der Waals surface area contributed by atoms with E-state index in [0.717, 1.165) is 22.6 Å². The van der Waals surface area contributed by atoms with Crippen LogP contribution >= 0.6 is 0 Å². The summed E-state index contributed by atoms with van der Waals surface area (Å²) < 4.78 is 5.43. The lowest BCUT2D eigenvalue weighted by Gasteiger charge is -2.09. The average molecular weight is 239 g/mol. The minimum absolute atomic E-state index is 0.889. The van der Waals surface area contributed by atoms with Crippen LogP contribution in [-0.2, 0) is 0 Å². The lowest BCUT2D eigenvalue weighted by molar-refractivity contribution is 0.411. The van der Waals surface area contributed by atoms with Crippen LogP contribution in [0, 0.1) is 13.8 Å². The molecule has 0 heterocycles. The molecular formula is C16H17NO. The molecule has 0 radical (unpaired) electrons. The zero-order chi connectivity index (χ0) is 13.0. The predicted octanol–water partition coefficient (Wildman–Crippen LogP) is 4.06. The molecule has 92 valence electrons. The SMILES string of the molecule is COc1c(C)cc(C)cc1C=Nc1ccccc1. The summed E-state index contributed by atoms with van der Waals surface area (Å²) >= 11 is 0. The number of ether oxygens (including phenoxy) is 1. The highest BCUT2D eigenvalue weighted by atomic mass is 16.5. The van der Waals surface area contributed by atoms with Crippen molar-refractivity contribution < 1.29 is 4.74 Å². The van der Waals surface area contributed by atoms with Gasteiger partial charge in [0, 0.05) is 11.8 Å². The predicted molar refractivity (Wildman–Crippen MR) is 76.2 cm³/mol. The standard InChI is InChI=1S/C16H17NO/c1-12-9-13(2)16(18-3)14(10-12)11-17-15-7-5-4-6-8-15/h4-11H,1-3H3. The zero-order valence-corrected chi connectivity index (χ0v) is 11.0. The van der Waals surface area contributed by atoms with Gasteiger partial charge in [-0.2, -0.15) is 0 Å². The van der Waals surface area contributed by atoms with Gasteiger partial charge in [0.05, 0.1) is 12.8 Å². The fourth-order valence-corrected chi connectivity index (χ4v) is 2.02. The van der Waals surface area contributed by atoms with Crippen LogP contribution in [0.4, 0.5) is 5.69 Å². The van der Waals surface area contributed by atoms with Gasteiger partial charge in [0.1, 0.15) is 5.75 Å². The first-order valence-electron chi connectivity index (χ1n) is 5.95. The molecule has 0 aliphatic rings. The van der Waals surface area contributed by atoms with Gasteiger partial charge in [-0.3, -0.25) is 4.99 Å². The molecule has 18 heavy (non-hydrogen) atoms. The summed E-state index contributed by atoms with van der Waals surface area (Å²) in [6.07, 6.45) is 1.86. The molecule has 0 N–H and O–H groups in total. The summed E-state index contributed by atoms with van der Waals surface area (Å²) in [5.74, 6) is 0.889. The number of nitrogens with zero attached hydrogens (tertiary/aromatic N) is 1. The minimum Gasteiger partial charge on any atom is -0.496 e. The second kappa shape index (κ2) is 5.50. The Bertz CT molecular complexity index is 559. The largest absolute Gasteiger partial charge is 0.496 e. The van der Waals surface area contributed by atoms with Crippen LogP contribution < -0.4 is 4.74 Å². The molecule has 0 fully saturated rings. The summed E-state index contributed by atoms with van der Waals surface area (Å²) in [6, 6.07) is 14.1. The molecule has 2 rings (SSSR count). The highest BCUT2D eigenvalue weighted by molar-refractivity contribution is 5.86. The van der Waals surface area contributed by atoms with Gasteiger partial charge in [-0.1, -0.05) is 24.3 Å². The summed E-state index contributed by atoms with van der Waals surface area (Å²) in [7, 11) is 1.69. The van der Waals surface area contributed by atoms with E-state index < -0.39 is 0 Å². The second-order valence-electron chi connectivity index (χ2n) is 4.30. The van der Waals surface area contributed by atoms with Gasteiger partial charge in [0.25, 0.3) is 0 Å². The van der Waals surface area contributed by atoms with Gasteiger partial charge in [0.2, 0.25) is 0 Å². The number of methoxy groups -OCH3 is 1. The monoisotopic (exact) mass is 239 g/mol. The van der Waals surface area contributed by atoms with Gasteiger partial charge in [-0.25, -0.2) is 0 Å². The smallest absolute Gasteiger partial charge is 0.130 e. The molecule has 0 spiro atoms. The van der Waals surface area contributed by atoms with Gasteiger partial charge in [0.15, 0.2) is 0 Å². The summed E-state index contributed by atoms with van der Waals surface area (Å²) in [6.45, 7) is 4.12. The molecule has 0 atom stereocenters. The zero-order valence-electron chi connectivity index (χ0n) is 11.0. The average Bonchev–Trinajstić information content (AvgIpc) is 2.37. The maximum Gasteiger partial charge on any atom is 0.130 e. The van der Waals surface area contributed by atoms with E-state index in [9.17, 15) is 0 Å². The van der Waals surface area contributed by atoms with Crippen LogP contribution in [0.15, 0.2) is 47.5 Å². The number of benzene rings is 2. The van der Waals surface area contributed by atoms with E-state index in [2.05, 4.69) is 24.0 Å². The van der Waals surface area contributed by atoms with Crippen LogP contribution in [0.2, 0.25) is 0 Å². The third kappa shape index (κ3) is 2.77. The van der Waals surface area contributed by atoms with E-state index in [1.54, 1.807) is 7.11 Å². The highest BCUT2D eigenvalue weighted by Gasteiger charge is 2.05. The minimum atomic E-state index is 0.889. The summed E-state index contributed by atoms with van der Waals surface area (Å²) in [5.41, 5.74) is 4.30. The Kier molecular flexibility index (Phi) is 3.78. The van der Waals surface area contributed by atoms with Crippen molar-refractivity contribution >= 4 is 11.9 Å². The molecule has 2 aromatic carbocycles. The first-order valence-corrected chi connectivity index (χ1v) is 5.95. The number of aryl methyl sites for hydroxylation is 2. The topological polar surface area (TPSA) is 21.6 Å². The lowest BCUT2D eigenvalue weighted by Crippen LogP contribution is -1.95. The van der Waals surface area contributed by atoms with Gasteiger partial charge < -0.3 is 4.74 Å². The normalized spacial score (nSPS) is 10.8. The van der Waals surface area contributed by atoms with Crippen LogP contribution in [-0.4, -0.2) is 13.3 Å². The Morgan fingerprint density at radius 3 is 2.44 bits per heavy atom. The third-order valence-electron chi connectivity index (χ3n) is 2.76. The van der Waals surface area contributed by atoms with E-state index in [1.165, 1.54) is 5.56 Å². The highest BCUT2D eigenvalue weighted by Crippen LogP contribution is 2.24. The van der Waals surface area contributed by atoms with Crippen molar-refractivity contribution in [2.75, 3.05) is 7.11 Å². The second-order valence-corrected chi connectivity index (χ2v) is 4.30. The first kappa shape index (κ1) is 12.4. The fourth-order valence-electron chi connectivity index (χ4n) is 2.02. The molecule has 0 aliphatic carbocycles. The quantitative estimate of drug-likeness (QED) is 0.740. The van der Waals surface area contributed by atoms with Gasteiger partial charge in [-0.15, -0.1) is 0 Å². The van der Waals surface area contributed by atoms with Crippen LogP contribution in [0.1, 0.15) is 16.7 Å². The molecule has 2 nitrogen and oxygen atoms in total. The Morgan fingerprint density at radius 2 is 1.78 bits per heavy atom. The summed E-state index contributed by atoms with van der Waals surface area (Å²) in [5, 5.41) is 0. The summed E-state index contributed by atoms with van der Waals surface area (Å²) in [4.78, 5) is 4.46. The van der Waals surface area contributed by atoms with E-state index >= 15 is 0 Å². The maximum absolute atomic E-state index is 5.43. The molecule has 0 saturated carbocycles. The van der Waals surface area contributed by atoms with Gasteiger partial charge in [-0.05, 0) is 43.2 Å². The van der Waals surface area contributed by atoms with Crippen LogP contribution in [0.3, 0.4) is 0 Å². The Labute approximate surface area is 108 Å².